The van der Waals surface area contributed by atoms with Crippen molar-refractivity contribution in [3.05, 3.63) is 30.1 Å². The number of aliphatic carboxylic acids is 1. The molecule has 1 aromatic heterocycles. The van der Waals surface area contributed by atoms with Gasteiger partial charge in [-0.2, -0.15) is 0 Å². The third kappa shape index (κ3) is 4.18. The number of piperidine rings is 1. The molecule has 0 aliphatic carbocycles. The largest absolute Gasteiger partial charge is 0.480 e. The van der Waals surface area contributed by atoms with Crippen molar-refractivity contribution in [2.75, 3.05) is 13.1 Å². The summed E-state index contributed by atoms with van der Waals surface area (Å²) in [5, 5.41) is 12.0. The summed E-state index contributed by atoms with van der Waals surface area (Å²) in [4.78, 5) is 29.0. The van der Waals surface area contributed by atoms with Crippen LogP contribution in [0, 0.1) is 5.92 Å². The number of pyridine rings is 1. The van der Waals surface area contributed by atoms with E-state index in [-0.39, 0.29) is 6.03 Å². The average molecular weight is 291 g/mol. The van der Waals surface area contributed by atoms with Gasteiger partial charge in [-0.25, -0.2) is 9.59 Å². The Labute approximate surface area is 124 Å². The molecule has 1 fully saturated rings. The number of urea groups is 1. The Bertz CT molecular complexity index is 492. The molecule has 6 heteroatoms. The molecule has 2 rings (SSSR count). The van der Waals surface area contributed by atoms with Gasteiger partial charge in [0.05, 0.1) is 0 Å². The second kappa shape index (κ2) is 7.06. The van der Waals surface area contributed by atoms with Gasteiger partial charge in [-0.15, -0.1) is 0 Å². The molecule has 1 saturated heterocycles. The maximum Gasteiger partial charge on any atom is 0.326 e. The molecular formula is C15H21N3O3. The van der Waals surface area contributed by atoms with E-state index in [1.807, 2.05) is 25.1 Å². The first-order valence-electron chi connectivity index (χ1n) is 7.25. The fraction of sp³-hybridized carbons (Fsp3) is 0.533. The highest BCUT2D eigenvalue weighted by molar-refractivity contribution is 5.82. The maximum atomic E-state index is 12.1. The van der Waals surface area contributed by atoms with E-state index in [1.54, 1.807) is 6.20 Å². The molecule has 0 aromatic carbocycles. The molecule has 2 atom stereocenters. The molecule has 0 radical (unpaired) electrons. The summed E-state index contributed by atoms with van der Waals surface area (Å²) in [5.41, 5.74) is 0.903. The minimum absolute atomic E-state index is 0.301. The lowest BCUT2D eigenvalue weighted by molar-refractivity contribution is -0.143. The molecule has 114 valence electrons. The minimum Gasteiger partial charge on any atom is -0.480 e. The van der Waals surface area contributed by atoms with E-state index in [9.17, 15) is 14.7 Å². The van der Waals surface area contributed by atoms with E-state index in [1.165, 1.54) is 4.90 Å². The first kappa shape index (κ1) is 15.3. The van der Waals surface area contributed by atoms with E-state index in [0.717, 1.165) is 12.1 Å². The summed E-state index contributed by atoms with van der Waals surface area (Å²) in [7, 11) is 0. The van der Waals surface area contributed by atoms with Gasteiger partial charge in [-0.05, 0) is 30.9 Å². The van der Waals surface area contributed by atoms with Gasteiger partial charge in [-0.1, -0.05) is 13.0 Å². The monoisotopic (exact) mass is 291 g/mol. The first-order chi connectivity index (χ1) is 10.1. The zero-order chi connectivity index (χ0) is 15.2. The molecule has 1 aliphatic heterocycles. The minimum atomic E-state index is -0.929. The summed E-state index contributed by atoms with van der Waals surface area (Å²) >= 11 is 0. The van der Waals surface area contributed by atoms with Crippen LogP contribution in [0.15, 0.2) is 24.4 Å². The summed E-state index contributed by atoms with van der Waals surface area (Å²) in [5.74, 6) is -0.593. The standard InChI is InChI=1S/C15H21N3O3/c1-11-6-9-18(13(10-11)14(19)20)15(21)17-8-5-12-4-2-3-7-16-12/h2-4,7,11,13H,5-6,8-10H2,1H3,(H,17,21)(H,19,20). The lowest BCUT2D eigenvalue weighted by Crippen LogP contribution is -2.53. The molecule has 21 heavy (non-hydrogen) atoms. The quantitative estimate of drug-likeness (QED) is 0.881. The van der Waals surface area contributed by atoms with Crippen molar-refractivity contribution < 1.29 is 14.7 Å². The van der Waals surface area contributed by atoms with Crippen molar-refractivity contribution in [2.24, 2.45) is 5.92 Å². The van der Waals surface area contributed by atoms with Crippen LogP contribution in [0.3, 0.4) is 0 Å². The number of carboxylic acids is 1. The SMILES string of the molecule is CC1CCN(C(=O)NCCc2ccccn2)C(C(=O)O)C1. The molecule has 2 N–H and O–H groups in total. The van der Waals surface area contributed by atoms with Gasteiger partial charge in [0.15, 0.2) is 0 Å². The summed E-state index contributed by atoms with van der Waals surface area (Å²) in [6, 6.07) is 4.62. The number of aromatic nitrogens is 1. The third-order valence-corrected chi connectivity index (χ3v) is 3.79. The number of carbonyl (C=O) groups excluding carboxylic acids is 1. The second-order valence-electron chi connectivity index (χ2n) is 5.48. The van der Waals surface area contributed by atoms with Crippen molar-refractivity contribution in [1.82, 2.24) is 15.2 Å². The number of carboxylic acid groups (broad SMARTS) is 1. The lowest BCUT2D eigenvalue weighted by atomic mass is 9.93. The third-order valence-electron chi connectivity index (χ3n) is 3.79. The van der Waals surface area contributed by atoms with Crippen molar-refractivity contribution in [3.8, 4) is 0 Å². The Balaban J connectivity index is 1.85. The molecule has 6 nitrogen and oxygen atoms in total. The lowest BCUT2D eigenvalue weighted by Gasteiger charge is -2.35. The van der Waals surface area contributed by atoms with Crippen LogP contribution in [0.25, 0.3) is 0 Å². The van der Waals surface area contributed by atoms with Crippen LogP contribution in [0.4, 0.5) is 4.79 Å². The topological polar surface area (TPSA) is 82.5 Å². The van der Waals surface area contributed by atoms with Crippen molar-refractivity contribution in [2.45, 2.75) is 32.2 Å². The van der Waals surface area contributed by atoms with Gasteiger partial charge in [-0.3, -0.25) is 4.98 Å². The number of rotatable bonds is 4. The maximum absolute atomic E-state index is 12.1. The number of hydrogen-bond acceptors (Lipinski definition) is 3. The van der Waals surface area contributed by atoms with Gasteiger partial charge in [0.25, 0.3) is 0 Å². The smallest absolute Gasteiger partial charge is 0.326 e. The van der Waals surface area contributed by atoms with Crippen LogP contribution in [0.2, 0.25) is 0 Å². The van der Waals surface area contributed by atoms with Crippen LogP contribution in [0.1, 0.15) is 25.5 Å². The van der Waals surface area contributed by atoms with E-state index < -0.39 is 12.0 Å². The number of nitrogens with zero attached hydrogens (tertiary/aromatic N) is 2. The Hall–Kier alpha value is -2.11. The fourth-order valence-corrected chi connectivity index (χ4v) is 2.56. The van der Waals surface area contributed by atoms with Gasteiger partial charge >= 0.3 is 12.0 Å². The molecule has 0 bridgehead atoms. The molecule has 2 unspecified atom stereocenters. The normalized spacial score (nSPS) is 21.9. The van der Waals surface area contributed by atoms with E-state index in [4.69, 9.17) is 0 Å². The highest BCUT2D eigenvalue weighted by Gasteiger charge is 2.34. The molecule has 2 heterocycles. The highest BCUT2D eigenvalue weighted by atomic mass is 16.4. The van der Waals surface area contributed by atoms with Crippen molar-refractivity contribution >= 4 is 12.0 Å². The fourth-order valence-electron chi connectivity index (χ4n) is 2.56. The number of likely N-dealkylation sites (tertiary alicyclic amines) is 1. The first-order valence-corrected chi connectivity index (χ1v) is 7.25. The van der Waals surface area contributed by atoms with Crippen LogP contribution in [-0.4, -0.2) is 46.1 Å². The summed E-state index contributed by atoms with van der Waals surface area (Å²) in [6.07, 6.45) is 3.71. The van der Waals surface area contributed by atoms with Crippen LogP contribution < -0.4 is 5.32 Å². The molecule has 0 saturated carbocycles. The molecule has 2 amide bonds. The Morgan fingerprint density at radius 1 is 1.48 bits per heavy atom. The summed E-state index contributed by atoms with van der Waals surface area (Å²) in [6.45, 7) is 2.97. The van der Waals surface area contributed by atoms with E-state index in [2.05, 4.69) is 10.3 Å². The number of amides is 2. The predicted octanol–water partition coefficient (Wildman–Crippen LogP) is 1.52. The zero-order valence-corrected chi connectivity index (χ0v) is 12.2. The molecule has 1 aliphatic rings. The van der Waals surface area contributed by atoms with Gasteiger partial charge < -0.3 is 15.3 Å². The van der Waals surface area contributed by atoms with E-state index in [0.29, 0.717) is 31.8 Å². The summed E-state index contributed by atoms with van der Waals surface area (Å²) < 4.78 is 0. The average Bonchev–Trinajstić information content (AvgIpc) is 2.48. The van der Waals surface area contributed by atoms with Gasteiger partial charge in [0.1, 0.15) is 6.04 Å². The Kier molecular flexibility index (Phi) is 5.14. The van der Waals surface area contributed by atoms with Crippen LogP contribution in [0.5, 0.6) is 0 Å². The Morgan fingerprint density at radius 3 is 2.95 bits per heavy atom. The molecular weight excluding hydrogens is 270 g/mol. The van der Waals surface area contributed by atoms with Gasteiger partial charge in [0.2, 0.25) is 0 Å². The Morgan fingerprint density at radius 2 is 2.29 bits per heavy atom. The second-order valence-corrected chi connectivity index (χ2v) is 5.48. The highest BCUT2D eigenvalue weighted by Crippen LogP contribution is 2.22. The van der Waals surface area contributed by atoms with Crippen LogP contribution in [-0.2, 0) is 11.2 Å². The number of carbonyl (C=O) groups is 2. The zero-order valence-electron chi connectivity index (χ0n) is 12.2. The van der Waals surface area contributed by atoms with E-state index >= 15 is 0 Å². The predicted molar refractivity (Wildman–Crippen MR) is 77.9 cm³/mol. The van der Waals surface area contributed by atoms with Crippen molar-refractivity contribution in [1.29, 1.82) is 0 Å². The van der Waals surface area contributed by atoms with Crippen LogP contribution >= 0.6 is 0 Å². The molecule has 1 aromatic rings. The van der Waals surface area contributed by atoms with Crippen molar-refractivity contribution in [3.63, 3.8) is 0 Å². The number of nitrogens with one attached hydrogen (secondary N) is 1. The molecule has 0 spiro atoms. The number of hydrogen-bond donors (Lipinski definition) is 2. The van der Waals surface area contributed by atoms with Gasteiger partial charge in [0, 0.05) is 31.4 Å².